The second kappa shape index (κ2) is 7.84. The van der Waals surface area contributed by atoms with E-state index in [0.717, 1.165) is 29.0 Å². The molecule has 0 atom stereocenters. The molecule has 1 saturated heterocycles. The number of carbonyl (C=O) groups is 1. The Hall–Kier alpha value is -2.80. The van der Waals surface area contributed by atoms with E-state index in [9.17, 15) is 18.0 Å². The summed E-state index contributed by atoms with van der Waals surface area (Å²) in [6.07, 6.45) is -0.915. The molecule has 1 aliphatic heterocycles. The topological polar surface area (TPSA) is 41.5 Å². The first-order valence-corrected chi connectivity index (χ1v) is 8.84. The summed E-state index contributed by atoms with van der Waals surface area (Å²) in [6, 6.07) is 14.6. The summed E-state index contributed by atoms with van der Waals surface area (Å²) in [7, 11) is 0. The lowest BCUT2D eigenvalue weighted by atomic mass is 10.1. The van der Waals surface area contributed by atoms with Crippen molar-refractivity contribution in [2.45, 2.75) is 13.1 Å². The van der Waals surface area contributed by atoms with Crippen LogP contribution in [0.4, 0.5) is 18.9 Å². The van der Waals surface area contributed by atoms with Gasteiger partial charge < -0.3 is 5.32 Å². The third-order valence-electron chi connectivity index (χ3n) is 3.64. The maximum absolute atomic E-state index is 13.1. The monoisotopic (exact) mass is 388 g/mol. The third-order valence-corrected chi connectivity index (χ3v) is 4.54. The predicted molar refractivity (Wildman–Crippen MR) is 102 cm³/mol. The normalized spacial score (nSPS) is 18.2. The maximum atomic E-state index is 13.1. The summed E-state index contributed by atoms with van der Waals surface area (Å²) >= 11 is 1.01. The number of hydrogen-bond donors (Lipinski definition) is 1. The second-order valence-electron chi connectivity index (χ2n) is 5.80. The highest BCUT2D eigenvalue weighted by molar-refractivity contribution is 8.18. The number of nitrogens with zero attached hydrogens (tertiary/aromatic N) is 1. The molecule has 3 nitrogen and oxygen atoms in total. The molecule has 27 heavy (non-hydrogen) atoms. The van der Waals surface area contributed by atoms with E-state index >= 15 is 0 Å². The van der Waals surface area contributed by atoms with Crippen LogP contribution in [0.1, 0.15) is 18.1 Å². The Morgan fingerprint density at radius 1 is 1.07 bits per heavy atom. The molecule has 0 aliphatic carbocycles. The minimum Gasteiger partial charge on any atom is -0.300 e. The van der Waals surface area contributed by atoms with Crippen molar-refractivity contribution in [2.24, 2.45) is 4.99 Å². The Kier molecular flexibility index (Phi) is 5.51. The van der Waals surface area contributed by atoms with Gasteiger partial charge in [0.15, 0.2) is 5.17 Å². The van der Waals surface area contributed by atoms with Crippen LogP contribution >= 0.6 is 11.8 Å². The van der Waals surface area contributed by atoms with Gasteiger partial charge in [-0.25, -0.2) is 4.99 Å². The van der Waals surface area contributed by atoms with E-state index < -0.39 is 11.7 Å². The number of alkyl halides is 3. The van der Waals surface area contributed by atoms with E-state index in [-0.39, 0.29) is 16.8 Å². The van der Waals surface area contributed by atoms with Gasteiger partial charge in [-0.2, -0.15) is 13.2 Å². The first kappa shape index (κ1) is 19.0. The van der Waals surface area contributed by atoms with Gasteiger partial charge in [0, 0.05) is 0 Å². The number of halogens is 3. The molecule has 138 valence electrons. The van der Waals surface area contributed by atoms with Gasteiger partial charge in [-0.05, 0) is 48.0 Å². The number of amidine groups is 1. The smallest absolute Gasteiger partial charge is 0.300 e. The van der Waals surface area contributed by atoms with E-state index in [0.29, 0.717) is 4.91 Å². The fourth-order valence-electron chi connectivity index (χ4n) is 2.46. The lowest BCUT2D eigenvalue weighted by molar-refractivity contribution is -0.137. The molecule has 1 fully saturated rings. The average Bonchev–Trinajstić information content (AvgIpc) is 2.94. The van der Waals surface area contributed by atoms with Crippen LogP contribution in [-0.2, 0) is 11.0 Å². The van der Waals surface area contributed by atoms with Gasteiger partial charge in [-0.3, -0.25) is 4.79 Å². The Labute approximate surface area is 158 Å². The molecule has 0 spiro atoms. The molecule has 3 rings (SSSR count). The largest absolute Gasteiger partial charge is 0.418 e. The summed E-state index contributed by atoms with van der Waals surface area (Å²) in [6.45, 7) is 1.85. The molecule has 0 bridgehead atoms. The van der Waals surface area contributed by atoms with Gasteiger partial charge >= 0.3 is 6.18 Å². The lowest BCUT2D eigenvalue weighted by Gasteiger charge is -2.09. The van der Waals surface area contributed by atoms with Crippen LogP contribution in [-0.4, -0.2) is 11.1 Å². The molecule has 1 heterocycles. The van der Waals surface area contributed by atoms with Gasteiger partial charge in [0.2, 0.25) is 0 Å². The Balaban J connectivity index is 1.84. The third kappa shape index (κ3) is 4.89. The highest BCUT2D eigenvalue weighted by atomic mass is 32.2. The molecule has 0 unspecified atom stereocenters. The van der Waals surface area contributed by atoms with Crippen LogP contribution in [0.25, 0.3) is 6.08 Å². The number of benzene rings is 2. The van der Waals surface area contributed by atoms with Crippen molar-refractivity contribution in [3.8, 4) is 0 Å². The van der Waals surface area contributed by atoms with Crippen LogP contribution in [0.5, 0.6) is 0 Å². The number of allylic oxidation sites excluding steroid dienone is 2. The van der Waals surface area contributed by atoms with Crippen molar-refractivity contribution in [3.05, 3.63) is 82.3 Å². The highest BCUT2D eigenvalue weighted by Gasteiger charge is 2.34. The van der Waals surface area contributed by atoms with Crippen LogP contribution in [0, 0.1) is 0 Å². The molecule has 7 heteroatoms. The minimum absolute atomic E-state index is 0.121. The van der Waals surface area contributed by atoms with Gasteiger partial charge in [-0.15, -0.1) is 0 Å². The zero-order chi connectivity index (χ0) is 19.4. The average molecular weight is 388 g/mol. The van der Waals surface area contributed by atoms with Gasteiger partial charge in [0.05, 0.1) is 16.2 Å². The maximum Gasteiger partial charge on any atom is 0.418 e. The highest BCUT2D eigenvalue weighted by Crippen LogP contribution is 2.37. The van der Waals surface area contributed by atoms with Crippen molar-refractivity contribution in [1.82, 2.24) is 5.32 Å². The number of carbonyl (C=O) groups excluding carboxylic acids is 1. The molecule has 1 aliphatic rings. The van der Waals surface area contributed by atoms with Crippen molar-refractivity contribution in [3.63, 3.8) is 0 Å². The second-order valence-corrected chi connectivity index (χ2v) is 6.83. The standard InChI is InChI=1S/C20H15F3N2OS/c1-13(11-14-7-3-2-4-8-14)12-17-18(26)25-19(27-17)24-16-10-6-5-9-15(16)20(21,22)23/h2-12H,1H3,(H,24,25,26)/b13-11?,17-12-. The van der Waals surface area contributed by atoms with Crippen molar-refractivity contribution >= 4 is 34.6 Å². The first-order chi connectivity index (χ1) is 12.8. The zero-order valence-electron chi connectivity index (χ0n) is 14.2. The summed E-state index contributed by atoms with van der Waals surface area (Å²) in [4.78, 5) is 16.5. The molecular weight excluding hydrogens is 373 g/mol. The quantitative estimate of drug-likeness (QED) is 0.701. The summed E-state index contributed by atoms with van der Waals surface area (Å²) < 4.78 is 39.2. The number of aliphatic imine (C=N–C) groups is 1. The van der Waals surface area contributed by atoms with E-state index in [1.807, 2.05) is 43.3 Å². The summed E-state index contributed by atoms with van der Waals surface area (Å²) in [5.41, 5.74) is 0.759. The van der Waals surface area contributed by atoms with Crippen LogP contribution < -0.4 is 5.32 Å². The molecule has 2 aromatic carbocycles. The number of rotatable bonds is 3. The van der Waals surface area contributed by atoms with Crippen LogP contribution in [0.2, 0.25) is 0 Å². The molecular formula is C20H15F3N2OS. The molecule has 0 radical (unpaired) electrons. The number of amides is 1. The van der Waals surface area contributed by atoms with E-state index in [1.165, 1.54) is 18.2 Å². The SMILES string of the molecule is CC(=Cc1ccccc1)/C=C1\SC(=Nc2ccccc2C(F)(F)F)NC1=O. The molecule has 0 aromatic heterocycles. The summed E-state index contributed by atoms with van der Waals surface area (Å²) in [5.74, 6) is -0.385. The first-order valence-electron chi connectivity index (χ1n) is 8.02. The van der Waals surface area contributed by atoms with Crippen molar-refractivity contribution in [2.75, 3.05) is 0 Å². The molecule has 2 aromatic rings. The fraction of sp³-hybridized carbons (Fsp3) is 0.100. The fourth-order valence-corrected chi connectivity index (χ4v) is 3.35. The predicted octanol–water partition coefficient (Wildman–Crippen LogP) is 5.54. The molecule has 1 amide bonds. The van der Waals surface area contributed by atoms with Gasteiger partial charge in [0.1, 0.15) is 0 Å². The molecule has 1 N–H and O–H groups in total. The lowest BCUT2D eigenvalue weighted by Crippen LogP contribution is -2.19. The van der Waals surface area contributed by atoms with Crippen LogP contribution in [0.15, 0.2) is 76.1 Å². The van der Waals surface area contributed by atoms with Gasteiger partial charge in [0.25, 0.3) is 5.91 Å². The van der Waals surface area contributed by atoms with E-state index in [1.54, 1.807) is 6.08 Å². The Bertz CT molecular complexity index is 947. The number of para-hydroxylation sites is 1. The van der Waals surface area contributed by atoms with Crippen molar-refractivity contribution < 1.29 is 18.0 Å². The van der Waals surface area contributed by atoms with E-state index in [2.05, 4.69) is 10.3 Å². The van der Waals surface area contributed by atoms with E-state index in [4.69, 9.17) is 0 Å². The van der Waals surface area contributed by atoms with Crippen LogP contribution in [0.3, 0.4) is 0 Å². The molecule has 0 saturated carbocycles. The Morgan fingerprint density at radius 2 is 1.74 bits per heavy atom. The zero-order valence-corrected chi connectivity index (χ0v) is 15.1. The summed E-state index contributed by atoms with van der Waals surface area (Å²) in [5, 5.41) is 2.63. The number of nitrogens with one attached hydrogen (secondary N) is 1. The minimum atomic E-state index is -4.51. The van der Waals surface area contributed by atoms with Crippen molar-refractivity contribution in [1.29, 1.82) is 0 Å². The Morgan fingerprint density at radius 3 is 2.44 bits per heavy atom. The number of thioether (sulfide) groups is 1. The van der Waals surface area contributed by atoms with Gasteiger partial charge in [-0.1, -0.05) is 48.5 Å². The number of hydrogen-bond acceptors (Lipinski definition) is 3.